The minimum absolute atomic E-state index is 0.00350. The predicted molar refractivity (Wildman–Crippen MR) is 113 cm³/mol. The van der Waals surface area contributed by atoms with E-state index in [1.54, 1.807) is 24.3 Å². The Kier molecular flexibility index (Phi) is 6.80. The average Bonchev–Trinajstić information content (AvgIpc) is 2.71. The molecule has 0 unspecified atom stereocenters. The number of alkyl halides is 3. The van der Waals surface area contributed by atoms with Crippen molar-refractivity contribution in [1.29, 1.82) is 0 Å². The number of fused-ring (bicyclic) bond motifs is 1. The number of anilines is 1. The first kappa shape index (κ1) is 24.0. The number of benzene rings is 2. The highest BCUT2D eigenvalue weighted by atomic mass is 35.5. The van der Waals surface area contributed by atoms with Crippen molar-refractivity contribution in [1.82, 2.24) is 5.32 Å². The van der Waals surface area contributed by atoms with Crippen molar-refractivity contribution in [3.63, 3.8) is 0 Å². The van der Waals surface area contributed by atoms with Crippen LogP contribution in [0, 0.1) is 0 Å². The molecule has 7 nitrogen and oxygen atoms in total. The molecule has 2 aromatic carbocycles. The van der Waals surface area contributed by atoms with E-state index in [9.17, 15) is 26.4 Å². The van der Waals surface area contributed by atoms with Gasteiger partial charge < -0.3 is 14.8 Å². The van der Waals surface area contributed by atoms with E-state index < -0.39 is 44.8 Å². The second-order valence-corrected chi connectivity index (χ2v) is 9.41. The Morgan fingerprint density at radius 2 is 1.91 bits per heavy atom. The van der Waals surface area contributed by atoms with E-state index in [-0.39, 0.29) is 18.8 Å². The smallest absolute Gasteiger partial charge is 0.417 e. The van der Waals surface area contributed by atoms with Gasteiger partial charge in [0.1, 0.15) is 18.8 Å². The lowest BCUT2D eigenvalue weighted by atomic mass is 10.1. The average molecular weight is 493 g/mol. The number of ether oxygens (including phenoxy) is 2. The van der Waals surface area contributed by atoms with Gasteiger partial charge in [-0.05, 0) is 37.3 Å². The molecule has 1 aliphatic rings. The van der Waals surface area contributed by atoms with Gasteiger partial charge in [0, 0.05) is 0 Å². The van der Waals surface area contributed by atoms with Crippen LogP contribution in [-0.2, 0) is 21.0 Å². The molecule has 3 rings (SSSR count). The number of nitrogens with zero attached hydrogens (tertiary/aromatic N) is 1. The highest BCUT2D eigenvalue weighted by Crippen LogP contribution is 2.38. The summed E-state index contributed by atoms with van der Waals surface area (Å²) in [5.41, 5.74) is -1.54. The van der Waals surface area contributed by atoms with Gasteiger partial charge in [0.05, 0.1) is 29.1 Å². The maximum atomic E-state index is 13.2. The number of halogens is 4. The molecular weight excluding hydrogens is 473 g/mol. The predicted octanol–water partition coefficient (Wildman–Crippen LogP) is 3.47. The van der Waals surface area contributed by atoms with E-state index in [0.29, 0.717) is 21.9 Å². The number of hydrogen-bond acceptors (Lipinski definition) is 5. The topological polar surface area (TPSA) is 84.9 Å². The van der Waals surface area contributed by atoms with Crippen LogP contribution in [-0.4, -0.2) is 45.9 Å². The maximum Gasteiger partial charge on any atom is 0.417 e. The van der Waals surface area contributed by atoms with Crippen molar-refractivity contribution in [2.75, 3.05) is 23.7 Å². The number of rotatable bonds is 6. The van der Waals surface area contributed by atoms with Crippen molar-refractivity contribution in [2.24, 2.45) is 0 Å². The summed E-state index contributed by atoms with van der Waals surface area (Å²) < 4.78 is 76.3. The molecule has 1 heterocycles. The minimum atomic E-state index is -4.80. The molecule has 0 radical (unpaired) electrons. The van der Waals surface area contributed by atoms with Crippen LogP contribution < -0.4 is 19.1 Å². The number of carbonyl (C=O) groups is 1. The zero-order valence-corrected chi connectivity index (χ0v) is 18.6. The van der Waals surface area contributed by atoms with Gasteiger partial charge in [-0.1, -0.05) is 23.7 Å². The second-order valence-electron chi connectivity index (χ2n) is 7.14. The van der Waals surface area contributed by atoms with E-state index in [2.05, 4.69) is 5.32 Å². The molecule has 2 aromatic rings. The molecule has 32 heavy (non-hydrogen) atoms. The first-order chi connectivity index (χ1) is 14.9. The number of para-hydroxylation sites is 2. The fraction of sp³-hybridized carbons (Fsp3) is 0.350. The molecule has 0 spiro atoms. The number of hydrogen-bond donors (Lipinski definition) is 1. The molecule has 1 amide bonds. The van der Waals surface area contributed by atoms with Gasteiger partial charge in [-0.25, -0.2) is 8.42 Å². The fourth-order valence-electron chi connectivity index (χ4n) is 3.20. The molecule has 174 valence electrons. The summed E-state index contributed by atoms with van der Waals surface area (Å²) in [6.07, 6.45) is -4.52. The zero-order valence-electron chi connectivity index (χ0n) is 17.0. The molecule has 0 aromatic heterocycles. The quantitative estimate of drug-likeness (QED) is 0.667. The first-order valence-corrected chi connectivity index (χ1v) is 11.6. The van der Waals surface area contributed by atoms with Gasteiger partial charge in [0.25, 0.3) is 0 Å². The first-order valence-electron chi connectivity index (χ1n) is 9.40. The van der Waals surface area contributed by atoms with E-state index in [1.165, 1.54) is 6.92 Å². The van der Waals surface area contributed by atoms with Crippen molar-refractivity contribution in [2.45, 2.75) is 25.2 Å². The molecule has 0 saturated carbocycles. The highest BCUT2D eigenvalue weighted by Gasteiger charge is 2.36. The molecule has 1 N–H and O–H groups in total. The number of nitrogens with one attached hydrogen (secondary N) is 1. The van der Waals surface area contributed by atoms with Gasteiger partial charge in [-0.3, -0.25) is 9.10 Å². The van der Waals surface area contributed by atoms with Crippen LogP contribution in [0.3, 0.4) is 0 Å². The summed E-state index contributed by atoms with van der Waals surface area (Å²) in [6.45, 7) is 1.43. The summed E-state index contributed by atoms with van der Waals surface area (Å²) in [5.74, 6) is 0.348. The molecule has 12 heteroatoms. The third-order valence-corrected chi connectivity index (χ3v) is 6.24. The lowest BCUT2D eigenvalue weighted by Crippen LogP contribution is -2.50. The van der Waals surface area contributed by atoms with Crippen LogP contribution >= 0.6 is 11.6 Å². The Morgan fingerprint density at radius 3 is 2.53 bits per heavy atom. The van der Waals surface area contributed by atoms with Crippen LogP contribution in [0.15, 0.2) is 42.5 Å². The van der Waals surface area contributed by atoms with E-state index >= 15 is 0 Å². The number of sulfonamides is 1. The van der Waals surface area contributed by atoms with E-state index in [1.807, 2.05) is 0 Å². The normalized spacial score (nSPS) is 16.9. The second kappa shape index (κ2) is 9.07. The van der Waals surface area contributed by atoms with Crippen molar-refractivity contribution in [3.05, 3.63) is 53.1 Å². The summed E-state index contributed by atoms with van der Waals surface area (Å²) in [6, 6.07) is 8.29. The van der Waals surface area contributed by atoms with Crippen LogP contribution in [0.25, 0.3) is 0 Å². The lowest BCUT2D eigenvalue weighted by molar-refractivity contribution is -0.137. The Balaban J connectivity index is 1.76. The Hall–Kier alpha value is -2.66. The standard InChI is InChI=1S/C20H20ClF3N2O5S/c1-12(19(27)25-10-14-11-30-17-5-3-4-6-18(17)31-14)26(32(2,28)29)13-7-8-16(21)15(9-13)20(22,23)24/h3-9,12,14H,10-11H2,1-2H3,(H,25,27)/t12-,14+/m0/s1. The Labute approximate surface area is 188 Å². The molecule has 1 aliphatic heterocycles. The molecule has 0 bridgehead atoms. The monoisotopic (exact) mass is 492 g/mol. The summed E-state index contributed by atoms with van der Waals surface area (Å²) >= 11 is 5.62. The Morgan fingerprint density at radius 1 is 1.25 bits per heavy atom. The molecule has 0 aliphatic carbocycles. The van der Waals surface area contributed by atoms with E-state index in [4.69, 9.17) is 21.1 Å². The number of amides is 1. The molecular formula is C20H20ClF3N2O5S. The van der Waals surface area contributed by atoms with Crippen molar-refractivity contribution < 1.29 is 35.9 Å². The zero-order chi connectivity index (χ0) is 23.7. The van der Waals surface area contributed by atoms with Crippen LogP contribution in [0.5, 0.6) is 11.5 Å². The third kappa shape index (κ3) is 5.39. The van der Waals surface area contributed by atoms with Crippen LogP contribution in [0.1, 0.15) is 12.5 Å². The third-order valence-electron chi connectivity index (χ3n) is 4.67. The van der Waals surface area contributed by atoms with Crippen LogP contribution in [0.4, 0.5) is 18.9 Å². The van der Waals surface area contributed by atoms with Crippen LogP contribution in [0.2, 0.25) is 5.02 Å². The van der Waals surface area contributed by atoms with E-state index in [0.717, 1.165) is 18.4 Å². The fourth-order valence-corrected chi connectivity index (χ4v) is 4.59. The lowest BCUT2D eigenvalue weighted by Gasteiger charge is -2.30. The summed E-state index contributed by atoms with van der Waals surface area (Å²) in [7, 11) is -4.11. The van der Waals surface area contributed by atoms with Gasteiger partial charge >= 0.3 is 6.18 Å². The largest absolute Gasteiger partial charge is 0.486 e. The molecule has 2 atom stereocenters. The molecule has 0 saturated heterocycles. The highest BCUT2D eigenvalue weighted by molar-refractivity contribution is 7.92. The van der Waals surface area contributed by atoms with Gasteiger partial charge in [0.2, 0.25) is 15.9 Å². The number of carbonyl (C=O) groups excluding carboxylic acids is 1. The minimum Gasteiger partial charge on any atom is -0.486 e. The summed E-state index contributed by atoms with van der Waals surface area (Å²) in [4.78, 5) is 12.7. The van der Waals surface area contributed by atoms with Gasteiger partial charge in [-0.15, -0.1) is 0 Å². The van der Waals surface area contributed by atoms with Gasteiger partial charge in [0.15, 0.2) is 11.5 Å². The molecule has 0 fully saturated rings. The summed E-state index contributed by atoms with van der Waals surface area (Å²) in [5, 5.41) is 1.98. The van der Waals surface area contributed by atoms with Crippen molar-refractivity contribution in [3.8, 4) is 11.5 Å². The Bertz CT molecular complexity index is 1110. The van der Waals surface area contributed by atoms with Crippen molar-refractivity contribution >= 4 is 33.2 Å². The van der Waals surface area contributed by atoms with Gasteiger partial charge in [-0.2, -0.15) is 13.2 Å². The SMILES string of the molecule is C[C@@H](C(=O)NC[C@@H]1COc2ccccc2O1)N(c1ccc(Cl)c(C(F)(F)F)c1)S(C)(=O)=O. The maximum absolute atomic E-state index is 13.2.